The molecule has 0 aliphatic carbocycles. The molecule has 5 heteroatoms. The van der Waals surface area contributed by atoms with Crippen molar-refractivity contribution in [2.24, 2.45) is 4.99 Å². The van der Waals surface area contributed by atoms with E-state index in [0.29, 0.717) is 0 Å². The van der Waals surface area contributed by atoms with Gasteiger partial charge in [-0.15, -0.1) is 11.3 Å². The number of rotatable bonds is 6. The third kappa shape index (κ3) is 4.42. The quantitative estimate of drug-likeness (QED) is 0.634. The van der Waals surface area contributed by atoms with Crippen LogP contribution in [0.25, 0.3) is 0 Å². The van der Waals surface area contributed by atoms with Crippen molar-refractivity contribution in [3.8, 4) is 0 Å². The molecule has 0 aromatic carbocycles. The Balaban J connectivity index is 1.72. The molecule has 0 saturated heterocycles. The van der Waals surface area contributed by atoms with Crippen LogP contribution in [0.15, 0.2) is 41.7 Å². The van der Waals surface area contributed by atoms with E-state index in [1.807, 2.05) is 23.5 Å². The van der Waals surface area contributed by atoms with Crippen LogP contribution in [0.3, 0.4) is 0 Å². The van der Waals surface area contributed by atoms with E-state index in [4.69, 9.17) is 0 Å². The molecular weight excluding hydrogens is 268 g/mol. The standard InChI is InChI=1S/C15H22N4S/c1-3-13-6-7-14(20-13)12-18-15(16-2)17-8-11-19-9-4-5-10-19/h4-7,9-10H,3,8,11-12H2,1-2H3,(H2,16,17,18). The first-order valence-corrected chi connectivity index (χ1v) is 7.76. The van der Waals surface area contributed by atoms with Crippen LogP contribution in [0.2, 0.25) is 0 Å². The van der Waals surface area contributed by atoms with E-state index in [1.54, 1.807) is 7.05 Å². The maximum Gasteiger partial charge on any atom is 0.191 e. The Morgan fingerprint density at radius 1 is 1.20 bits per heavy atom. The summed E-state index contributed by atoms with van der Waals surface area (Å²) in [6.45, 7) is 4.81. The predicted molar refractivity (Wildman–Crippen MR) is 86.3 cm³/mol. The summed E-state index contributed by atoms with van der Waals surface area (Å²) < 4.78 is 2.15. The summed E-state index contributed by atoms with van der Waals surface area (Å²) in [6.07, 6.45) is 5.24. The van der Waals surface area contributed by atoms with Crippen LogP contribution < -0.4 is 10.6 Å². The fourth-order valence-corrected chi connectivity index (χ4v) is 2.82. The first-order valence-electron chi connectivity index (χ1n) is 6.94. The van der Waals surface area contributed by atoms with Gasteiger partial charge in [0.1, 0.15) is 0 Å². The summed E-state index contributed by atoms with van der Waals surface area (Å²) >= 11 is 1.86. The molecule has 0 unspecified atom stereocenters. The van der Waals surface area contributed by atoms with E-state index in [-0.39, 0.29) is 0 Å². The Hall–Kier alpha value is -1.75. The maximum absolute atomic E-state index is 4.24. The van der Waals surface area contributed by atoms with Gasteiger partial charge in [0.25, 0.3) is 0 Å². The summed E-state index contributed by atoms with van der Waals surface area (Å²) in [5.41, 5.74) is 0. The van der Waals surface area contributed by atoms with Crippen molar-refractivity contribution in [2.75, 3.05) is 13.6 Å². The molecule has 0 aliphatic rings. The lowest BCUT2D eigenvalue weighted by molar-refractivity contribution is 0.666. The van der Waals surface area contributed by atoms with Crippen LogP contribution in [0.1, 0.15) is 16.7 Å². The highest BCUT2D eigenvalue weighted by Crippen LogP contribution is 2.16. The van der Waals surface area contributed by atoms with Crippen molar-refractivity contribution in [2.45, 2.75) is 26.4 Å². The highest BCUT2D eigenvalue weighted by molar-refractivity contribution is 7.11. The number of nitrogens with zero attached hydrogens (tertiary/aromatic N) is 2. The fourth-order valence-electron chi connectivity index (χ4n) is 1.92. The normalized spacial score (nSPS) is 11.6. The highest BCUT2D eigenvalue weighted by Gasteiger charge is 2.01. The van der Waals surface area contributed by atoms with Gasteiger partial charge in [-0.25, -0.2) is 0 Å². The molecule has 2 N–H and O–H groups in total. The Morgan fingerprint density at radius 2 is 1.95 bits per heavy atom. The minimum atomic E-state index is 0.827. The molecule has 108 valence electrons. The Labute approximate surface area is 124 Å². The number of hydrogen-bond acceptors (Lipinski definition) is 2. The molecule has 0 spiro atoms. The third-order valence-corrected chi connectivity index (χ3v) is 4.28. The van der Waals surface area contributed by atoms with Crippen molar-refractivity contribution in [3.05, 3.63) is 46.4 Å². The van der Waals surface area contributed by atoms with Crippen LogP contribution in [0, 0.1) is 0 Å². The Bertz CT molecular complexity index is 528. The molecule has 2 rings (SSSR count). The van der Waals surface area contributed by atoms with E-state index in [2.05, 4.69) is 51.6 Å². The monoisotopic (exact) mass is 290 g/mol. The SMILES string of the molecule is CCc1ccc(CNC(=NC)NCCn2cccc2)s1. The number of aliphatic imine (C=N–C) groups is 1. The van der Waals surface area contributed by atoms with Crippen LogP contribution in [-0.4, -0.2) is 24.1 Å². The Kier molecular flexibility index (Phi) is 5.68. The van der Waals surface area contributed by atoms with Crippen molar-refractivity contribution >= 4 is 17.3 Å². The maximum atomic E-state index is 4.24. The van der Waals surface area contributed by atoms with Gasteiger partial charge in [-0.05, 0) is 30.7 Å². The average molecular weight is 290 g/mol. The van der Waals surface area contributed by atoms with E-state index in [1.165, 1.54) is 9.75 Å². The zero-order chi connectivity index (χ0) is 14.2. The molecule has 2 aromatic heterocycles. The first kappa shape index (κ1) is 14.7. The van der Waals surface area contributed by atoms with Gasteiger partial charge in [0.05, 0.1) is 6.54 Å². The minimum absolute atomic E-state index is 0.827. The molecule has 0 atom stereocenters. The molecule has 4 nitrogen and oxygen atoms in total. The number of aryl methyl sites for hydroxylation is 1. The van der Waals surface area contributed by atoms with Crippen molar-refractivity contribution < 1.29 is 0 Å². The van der Waals surface area contributed by atoms with Crippen molar-refractivity contribution in [1.29, 1.82) is 0 Å². The minimum Gasteiger partial charge on any atom is -0.355 e. The fraction of sp³-hybridized carbons (Fsp3) is 0.400. The lowest BCUT2D eigenvalue weighted by Gasteiger charge is -2.11. The van der Waals surface area contributed by atoms with Crippen molar-refractivity contribution in [3.63, 3.8) is 0 Å². The van der Waals surface area contributed by atoms with E-state index in [0.717, 1.165) is 32.0 Å². The average Bonchev–Trinajstić information content (AvgIpc) is 3.13. The van der Waals surface area contributed by atoms with Crippen LogP contribution in [0.4, 0.5) is 0 Å². The molecular formula is C15H22N4S. The highest BCUT2D eigenvalue weighted by atomic mass is 32.1. The summed E-state index contributed by atoms with van der Waals surface area (Å²) in [5, 5.41) is 6.66. The summed E-state index contributed by atoms with van der Waals surface area (Å²) in [7, 11) is 1.80. The number of aromatic nitrogens is 1. The molecule has 2 aromatic rings. The molecule has 0 aliphatic heterocycles. The van der Waals surface area contributed by atoms with Gasteiger partial charge >= 0.3 is 0 Å². The van der Waals surface area contributed by atoms with Gasteiger partial charge in [-0.1, -0.05) is 6.92 Å². The van der Waals surface area contributed by atoms with Crippen LogP contribution in [-0.2, 0) is 19.5 Å². The van der Waals surface area contributed by atoms with E-state index in [9.17, 15) is 0 Å². The van der Waals surface area contributed by atoms with Gasteiger partial charge in [-0.2, -0.15) is 0 Å². The zero-order valence-electron chi connectivity index (χ0n) is 12.1. The third-order valence-electron chi connectivity index (χ3n) is 3.05. The van der Waals surface area contributed by atoms with E-state index >= 15 is 0 Å². The molecule has 0 radical (unpaired) electrons. The summed E-state index contributed by atoms with van der Waals surface area (Å²) in [5.74, 6) is 0.851. The molecule has 0 bridgehead atoms. The number of hydrogen-bond donors (Lipinski definition) is 2. The van der Waals surface area contributed by atoms with E-state index < -0.39 is 0 Å². The lowest BCUT2D eigenvalue weighted by Crippen LogP contribution is -2.38. The second-order valence-corrected chi connectivity index (χ2v) is 5.75. The number of guanidine groups is 1. The van der Waals surface area contributed by atoms with Crippen LogP contribution >= 0.6 is 11.3 Å². The molecule has 0 amide bonds. The molecule has 20 heavy (non-hydrogen) atoms. The molecule has 2 heterocycles. The largest absolute Gasteiger partial charge is 0.355 e. The number of thiophene rings is 1. The van der Waals surface area contributed by atoms with Gasteiger partial charge < -0.3 is 15.2 Å². The lowest BCUT2D eigenvalue weighted by atomic mass is 10.4. The molecule has 0 fully saturated rings. The van der Waals surface area contributed by atoms with Crippen molar-refractivity contribution in [1.82, 2.24) is 15.2 Å². The summed E-state index contributed by atoms with van der Waals surface area (Å²) in [6, 6.07) is 8.46. The van der Waals surface area contributed by atoms with Gasteiger partial charge in [0.15, 0.2) is 5.96 Å². The first-order chi connectivity index (χ1) is 9.81. The molecule has 0 saturated carbocycles. The second-order valence-electron chi connectivity index (χ2n) is 4.49. The summed E-state index contributed by atoms with van der Waals surface area (Å²) in [4.78, 5) is 7.01. The predicted octanol–water partition coefficient (Wildman–Crippen LogP) is 2.48. The van der Waals surface area contributed by atoms with Crippen LogP contribution in [0.5, 0.6) is 0 Å². The van der Waals surface area contributed by atoms with Gasteiger partial charge in [-0.3, -0.25) is 4.99 Å². The Morgan fingerprint density at radius 3 is 2.60 bits per heavy atom. The smallest absolute Gasteiger partial charge is 0.191 e. The topological polar surface area (TPSA) is 41.4 Å². The second kappa shape index (κ2) is 7.75. The number of nitrogens with one attached hydrogen (secondary N) is 2. The van der Waals surface area contributed by atoms with Gasteiger partial charge in [0.2, 0.25) is 0 Å². The zero-order valence-corrected chi connectivity index (χ0v) is 12.9. The van der Waals surface area contributed by atoms with Gasteiger partial charge in [0, 0.05) is 42.3 Å².